The fourth-order valence-electron chi connectivity index (χ4n) is 3.98. The quantitative estimate of drug-likeness (QED) is 0.467. The Bertz CT molecular complexity index is 1190. The van der Waals surface area contributed by atoms with Gasteiger partial charge in [0.1, 0.15) is 17.9 Å². The number of ether oxygens (including phenoxy) is 1. The molecule has 0 unspecified atom stereocenters. The van der Waals surface area contributed by atoms with Gasteiger partial charge in [-0.2, -0.15) is 0 Å². The van der Waals surface area contributed by atoms with E-state index in [0.29, 0.717) is 25.9 Å². The first-order valence-electron chi connectivity index (χ1n) is 9.39. The van der Waals surface area contributed by atoms with Gasteiger partial charge in [0.25, 0.3) is 0 Å². The number of halogens is 2. The molecule has 0 aliphatic carbocycles. The Hall–Kier alpha value is -2.99. The first kappa shape index (κ1) is 19.3. The first-order valence-corrected chi connectivity index (χ1v) is 9.39. The van der Waals surface area contributed by atoms with E-state index < -0.39 is 0 Å². The summed E-state index contributed by atoms with van der Waals surface area (Å²) >= 11 is 0. The monoisotopic (exact) mass is 410 g/mol. The van der Waals surface area contributed by atoms with Gasteiger partial charge in [0.15, 0.2) is 5.65 Å². The largest absolute Gasteiger partial charge is 0.491 e. The Kier molecular flexibility index (Phi) is 5.20. The fourth-order valence-corrected chi connectivity index (χ4v) is 3.98. The Morgan fingerprint density at radius 1 is 1.07 bits per heavy atom. The van der Waals surface area contributed by atoms with Crippen LogP contribution in [0.3, 0.4) is 0 Å². The summed E-state index contributed by atoms with van der Waals surface area (Å²) in [6, 6.07) is 11.2. The maximum Gasteiger partial charge on any atom is 0.169 e. The maximum atomic E-state index is 14.4. The molecule has 29 heavy (non-hydrogen) atoms. The number of pyridine rings is 2. The lowest BCUT2D eigenvalue weighted by atomic mass is 9.98. The zero-order valence-electron chi connectivity index (χ0n) is 15.9. The molecule has 0 amide bonds. The van der Waals surface area contributed by atoms with E-state index in [2.05, 4.69) is 15.2 Å². The van der Waals surface area contributed by atoms with Gasteiger partial charge in [0.2, 0.25) is 0 Å². The summed E-state index contributed by atoms with van der Waals surface area (Å²) in [6.07, 6.45) is 5.40. The van der Waals surface area contributed by atoms with Crippen molar-refractivity contribution >= 4 is 18.1 Å². The van der Waals surface area contributed by atoms with Gasteiger partial charge >= 0.3 is 0 Å². The van der Waals surface area contributed by atoms with Gasteiger partial charge in [0, 0.05) is 29.4 Å². The normalized spacial score (nSPS) is 13.3. The lowest BCUT2D eigenvalue weighted by molar-refractivity contribution is 0.317. The Labute approximate surface area is 174 Å². The second-order valence-corrected chi connectivity index (χ2v) is 7.01. The lowest BCUT2D eigenvalue weighted by Gasteiger charge is -2.15. The summed E-state index contributed by atoms with van der Waals surface area (Å²) in [5.41, 5.74) is 6.35. The van der Waals surface area contributed by atoms with Crippen LogP contribution in [0.25, 0.3) is 16.8 Å². The highest BCUT2D eigenvalue weighted by molar-refractivity contribution is 5.85. The van der Waals surface area contributed by atoms with Gasteiger partial charge in [-0.25, -0.2) is 4.39 Å². The van der Waals surface area contributed by atoms with Gasteiger partial charge in [0.05, 0.1) is 12.3 Å². The molecule has 1 aliphatic rings. The first-order chi connectivity index (χ1) is 13.7. The van der Waals surface area contributed by atoms with Crippen LogP contribution in [0.5, 0.6) is 5.75 Å². The highest BCUT2D eigenvalue weighted by atomic mass is 35.5. The average molecular weight is 411 g/mol. The van der Waals surface area contributed by atoms with Crippen LogP contribution in [-0.2, 0) is 19.3 Å². The molecule has 3 aromatic heterocycles. The van der Waals surface area contributed by atoms with Crippen LogP contribution in [0, 0.1) is 12.7 Å². The van der Waals surface area contributed by atoms with Gasteiger partial charge in [-0.1, -0.05) is 18.2 Å². The van der Waals surface area contributed by atoms with E-state index >= 15 is 0 Å². The summed E-state index contributed by atoms with van der Waals surface area (Å²) in [5, 5.41) is 8.47. The van der Waals surface area contributed by atoms with Gasteiger partial charge in [-0.15, -0.1) is 22.6 Å². The van der Waals surface area contributed by atoms with Crippen molar-refractivity contribution in [1.29, 1.82) is 0 Å². The number of hydrogen-bond donors (Lipinski definition) is 0. The van der Waals surface area contributed by atoms with Crippen molar-refractivity contribution in [2.24, 2.45) is 0 Å². The Morgan fingerprint density at radius 2 is 1.97 bits per heavy atom. The van der Waals surface area contributed by atoms with Crippen molar-refractivity contribution in [3.05, 3.63) is 77.3 Å². The Balaban J connectivity index is 0.00000205. The molecular formula is C22H20ClFN4O. The van der Waals surface area contributed by atoms with Crippen LogP contribution in [0.4, 0.5) is 4.39 Å². The van der Waals surface area contributed by atoms with Crippen molar-refractivity contribution in [2.75, 3.05) is 6.61 Å². The molecule has 7 heteroatoms. The number of nitrogens with zero attached hydrogens (tertiary/aromatic N) is 4. The van der Waals surface area contributed by atoms with Crippen molar-refractivity contribution in [1.82, 2.24) is 19.6 Å². The van der Waals surface area contributed by atoms with Crippen LogP contribution in [0.2, 0.25) is 0 Å². The van der Waals surface area contributed by atoms with Gasteiger partial charge in [-0.3, -0.25) is 9.38 Å². The van der Waals surface area contributed by atoms with Crippen molar-refractivity contribution < 1.29 is 9.13 Å². The summed E-state index contributed by atoms with van der Waals surface area (Å²) in [4.78, 5) is 4.40. The molecule has 0 N–H and O–H groups in total. The molecule has 0 spiro atoms. The molecule has 0 radical (unpaired) electrons. The summed E-state index contributed by atoms with van der Waals surface area (Å²) < 4.78 is 22.5. The van der Waals surface area contributed by atoms with Crippen molar-refractivity contribution in [3.8, 4) is 16.9 Å². The standard InChI is InChI=1S/C22H19FN4O.ClH/c1-14-16(5-3-10-24-14)18-12-21-20(27-13-25-26-22(18)27)8-7-17-15(9-11-28-21)4-2-6-19(17)23;/h2-6,10,12-13H,7-9,11H2,1H3;1H. The number of aryl methyl sites for hydroxylation is 2. The molecule has 1 aromatic carbocycles. The molecule has 4 aromatic rings. The molecule has 0 atom stereocenters. The minimum atomic E-state index is -0.149. The van der Waals surface area contributed by atoms with Crippen LogP contribution >= 0.6 is 12.4 Å². The molecule has 5 nitrogen and oxygen atoms in total. The zero-order valence-corrected chi connectivity index (χ0v) is 16.7. The molecule has 4 heterocycles. The second kappa shape index (κ2) is 7.79. The maximum absolute atomic E-state index is 14.4. The van der Waals surface area contributed by atoms with Crippen LogP contribution in [0.1, 0.15) is 22.5 Å². The molecule has 0 saturated carbocycles. The van der Waals surface area contributed by atoms with Crippen LogP contribution < -0.4 is 4.74 Å². The molecule has 5 rings (SSSR count). The molecule has 148 valence electrons. The SMILES string of the molecule is Cc1ncccc1-c1cc2c(n3cnnc13)CCc1c(F)cccc1CCO2.Cl. The molecule has 0 saturated heterocycles. The van der Waals surface area contributed by atoms with E-state index in [9.17, 15) is 4.39 Å². The number of rotatable bonds is 1. The predicted octanol–water partition coefficient (Wildman–Crippen LogP) is 4.38. The molecule has 1 aliphatic heterocycles. The van der Waals surface area contributed by atoms with E-state index in [-0.39, 0.29) is 18.2 Å². The molecular weight excluding hydrogens is 391 g/mol. The Morgan fingerprint density at radius 3 is 2.83 bits per heavy atom. The van der Waals surface area contributed by atoms with Crippen molar-refractivity contribution in [3.63, 3.8) is 0 Å². The van der Waals surface area contributed by atoms with Crippen LogP contribution in [0.15, 0.2) is 48.9 Å². The van der Waals surface area contributed by atoms with Gasteiger partial charge in [-0.05, 0) is 49.1 Å². The number of hydrogen-bond acceptors (Lipinski definition) is 4. The van der Waals surface area contributed by atoms with E-state index in [1.807, 2.05) is 35.6 Å². The third-order valence-electron chi connectivity index (χ3n) is 5.39. The highest BCUT2D eigenvalue weighted by Gasteiger charge is 2.20. The van der Waals surface area contributed by atoms with E-state index in [1.54, 1.807) is 18.6 Å². The topological polar surface area (TPSA) is 52.3 Å². The third kappa shape index (κ3) is 3.34. The highest BCUT2D eigenvalue weighted by Crippen LogP contribution is 2.34. The number of aromatic nitrogens is 4. The number of benzene rings is 1. The van der Waals surface area contributed by atoms with E-state index in [4.69, 9.17) is 4.74 Å². The summed E-state index contributed by atoms with van der Waals surface area (Å²) in [7, 11) is 0. The molecule has 0 fully saturated rings. The summed E-state index contributed by atoms with van der Waals surface area (Å²) in [6.45, 7) is 2.47. The number of fused-ring (bicyclic) bond motifs is 4. The third-order valence-corrected chi connectivity index (χ3v) is 5.39. The zero-order chi connectivity index (χ0) is 19.1. The smallest absolute Gasteiger partial charge is 0.169 e. The van der Waals surface area contributed by atoms with Crippen molar-refractivity contribution in [2.45, 2.75) is 26.2 Å². The van der Waals surface area contributed by atoms with Crippen LogP contribution in [-0.4, -0.2) is 26.2 Å². The fraction of sp³-hybridized carbons (Fsp3) is 0.227. The lowest BCUT2D eigenvalue weighted by Crippen LogP contribution is -2.06. The molecule has 0 bridgehead atoms. The minimum Gasteiger partial charge on any atom is -0.491 e. The van der Waals surface area contributed by atoms with Gasteiger partial charge < -0.3 is 4.74 Å². The summed E-state index contributed by atoms with van der Waals surface area (Å²) in [5.74, 6) is 0.641. The predicted molar refractivity (Wildman–Crippen MR) is 111 cm³/mol. The average Bonchev–Trinajstić information content (AvgIpc) is 3.20. The van der Waals surface area contributed by atoms with E-state index in [1.165, 1.54) is 6.07 Å². The van der Waals surface area contributed by atoms with E-state index in [0.717, 1.165) is 45.0 Å². The second-order valence-electron chi connectivity index (χ2n) is 7.01. The minimum absolute atomic E-state index is 0.